The maximum absolute atomic E-state index is 13.8. The van der Waals surface area contributed by atoms with Crippen molar-refractivity contribution < 1.29 is 19.5 Å². The first kappa shape index (κ1) is 33.4. The number of nitrogens with zero attached hydrogens (tertiary/aromatic N) is 6. The summed E-state index contributed by atoms with van der Waals surface area (Å²) in [5, 5.41) is 21.2. The Kier molecular flexibility index (Phi) is 10.7. The molecule has 47 heavy (non-hydrogen) atoms. The van der Waals surface area contributed by atoms with Gasteiger partial charge in [0, 0.05) is 39.0 Å². The molecule has 3 atom stereocenters. The summed E-state index contributed by atoms with van der Waals surface area (Å²) in [6, 6.07) is 22.6. The summed E-state index contributed by atoms with van der Waals surface area (Å²) >= 11 is 0. The smallest absolute Gasteiger partial charge is 0.326 e. The van der Waals surface area contributed by atoms with Gasteiger partial charge in [-0.1, -0.05) is 74.9 Å². The van der Waals surface area contributed by atoms with E-state index in [1.54, 1.807) is 23.2 Å². The van der Waals surface area contributed by atoms with Gasteiger partial charge in [-0.3, -0.25) is 19.4 Å². The Bertz CT molecular complexity index is 1760. The molecule has 0 bridgehead atoms. The summed E-state index contributed by atoms with van der Waals surface area (Å²) < 4.78 is 1.93. The van der Waals surface area contributed by atoms with E-state index in [0.717, 1.165) is 28.3 Å². The molecular formula is C37H42N6O4. The van der Waals surface area contributed by atoms with Crippen LogP contribution in [-0.4, -0.2) is 74.0 Å². The van der Waals surface area contributed by atoms with E-state index >= 15 is 0 Å². The first-order chi connectivity index (χ1) is 22.7. The number of hydrogen-bond donors (Lipinski definition) is 1. The molecule has 1 aromatic heterocycles. The third-order valence-electron chi connectivity index (χ3n) is 9.25. The molecule has 10 nitrogen and oxygen atoms in total. The molecule has 3 aromatic carbocycles. The minimum Gasteiger partial charge on any atom is -0.480 e. The second-order valence-electron chi connectivity index (χ2n) is 12.4. The van der Waals surface area contributed by atoms with E-state index in [-0.39, 0.29) is 30.3 Å². The van der Waals surface area contributed by atoms with Gasteiger partial charge in [-0.25, -0.2) is 9.78 Å². The molecule has 5 rings (SSSR count). The van der Waals surface area contributed by atoms with Crippen molar-refractivity contribution in [2.24, 2.45) is 5.92 Å². The number of likely N-dealkylation sites (tertiary alicyclic amines) is 1. The van der Waals surface area contributed by atoms with Gasteiger partial charge in [0.05, 0.1) is 30.8 Å². The van der Waals surface area contributed by atoms with Gasteiger partial charge in [0.15, 0.2) is 0 Å². The van der Waals surface area contributed by atoms with Crippen LogP contribution < -0.4 is 4.90 Å². The molecule has 0 saturated carbocycles. The van der Waals surface area contributed by atoms with Crippen LogP contribution in [0.4, 0.5) is 5.95 Å². The summed E-state index contributed by atoms with van der Waals surface area (Å²) in [6.07, 6.45) is 5.41. The highest BCUT2D eigenvalue weighted by molar-refractivity contribution is 5.90. The molecule has 1 aliphatic heterocycles. The summed E-state index contributed by atoms with van der Waals surface area (Å²) in [7, 11) is 0. The molecule has 1 fully saturated rings. The van der Waals surface area contributed by atoms with Gasteiger partial charge in [-0.2, -0.15) is 5.26 Å². The van der Waals surface area contributed by atoms with Crippen molar-refractivity contribution in [2.45, 2.75) is 65.2 Å². The van der Waals surface area contributed by atoms with E-state index in [1.807, 2.05) is 41.1 Å². The maximum Gasteiger partial charge on any atom is 0.326 e. The number of benzene rings is 3. The fourth-order valence-electron chi connectivity index (χ4n) is 6.56. The van der Waals surface area contributed by atoms with Crippen molar-refractivity contribution in [3.05, 3.63) is 95.8 Å². The SMILES string of the molecule is CC[C@H](C)[C@@H](CN(CC(=O)N1CCC[C@H]1C(=O)O)Cc1cccc2ccccc12)N(C(C)=O)c1nccn1Cc1ccc(C#N)cc1. The third kappa shape index (κ3) is 7.69. The lowest BCUT2D eigenvalue weighted by Crippen LogP contribution is -2.53. The fourth-order valence-corrected chi connectivity index (χ4v) is 6.56. The minimum atomic E-state index is -0.981. The normalized spacial score (nSPS) is 15.8. The van der Waals surface area contributed by atoms with Gasteiger partial charge in [0.1, 0.15) is 6.04 Å². The zero-order valence-corrected chi connectivity index (χ0v) is 27.2. The number of amides is 2. The zero-order chi connectivity index (χ0) is 33.5. The third-order valence-corrected chi connectivity index (χ3v) is 9.25. The van der Waals surface area contributed by atoms with E-state index in [4.69, 9.17) is 0 Å². The molecule has 0 spiro atoms. The number of imidazole rings is 1. The van der Waals surface area contributed by atoms with Crippen molar-refractivity contribution in [3.63, 3.8) is 0 Å². The molecule has 1 N–H and O–H groups in total. The van der Waals surface area contributed by atoms with Crippen LogP contribution in [0.25, 0.3) is 10.8 Å². The molecule has 2 heterocycles. The number of anilines is 1. The Morgan fingerprint density at radius 2 is 1.83 bits per heavy atom. The van der Waals surface area contributed by atoms with Crippen LogP contribution in [0, 0.1) is 17.2 Å². The highest BCUT2D eigenvalue weighted by atomic mass is 16.4. The van der Waals surface area contributed by atoms with E-state index in [1.165, 1.54) is 11.8 Å². The largest absolute Gasteiger partial charge is 0.480 e. The van der Waals surface area contributed by atoms with Gasteiger partial charge >= 0.3 is 5.97 Å². The summed E-state index contributed by atoms with van der Waals surface area (Å²) in [6.45, 7) is 7.44. The average molecular weight is 635 g/mol. The number of carbonyl (C=O) groups excluding carboxylic acids is 2. The standard InChI is InChI=1S/C37H42N6O4/c1-4-26(2)34(43(27(3)44)37-39-18-20-41(37)22-29-16-14-28(21-38)15-17-29)24-40(25-35(45)42-19-8-13-33(42)36(46)47)23-31-11-7-10-30-9-5-6-12-32(30)31/h5-7,9-12,14-18,20,26,33-34H,4,8,13,19,22-25H2,1-3H3,(H,46,47)/t26-,33-,34+/m0/s1. The average Bonchev–Trinajstić information content (AvgIpc) is 3.75. The van der Waals surface area contributed by atoms with Gasteiger partial charge in [-0.15, -0.1) is 0 Å². The number of carboxylic acids is 1. The van der Waals surface area contributed by atoms with Crippen LogP contribution in [-0.2, 0) is 27.5 Å². The molecule has 1 aliphatic rings. The van der Waals surface area contributed by atoms with Crippen LogP contribution in [0.1, 0.15) is 56.7 Å². The first-order valence-corrected chi connectivity index (χ1v) is 16.2. The van der Waals surface area contributed by atoms with Gasteiger partial charge in [0.25, 0.3) is 0 Å². The predicted octanol–water partition coefficient (Wildman–Crippen LogP) is 5.30. The Balaban J connectivity index is 1.49. The number of carbonyl (C=O) groups is 3. The second kappa shape index (κ2) is 15.1. The quantitative estimate of drug-likeness (QED) is 0.212. The zero-order valence-electron chi connectivity index (χ0n) is 27.2. The highest BCUT2D eigenvalue weighted by Gasteiger charge is 2.36. The molecule has 0 aliphatic carbocycles. The van der Waals surface area contributed by atoms with E-state index in [2.05, 4.69) is 54.1 Å². The van der Waals surface area contributed by atoms with E-state index in [0.29, 0.717) is 50.5 Å². The van der Waals surface area contributed by atoms with Gasteiger partial charge < -0.3 is 14.6 Å². The van der Waals surface area contributed by atoms with E-state index in [9.17, 15) is 24.8 Å². The van der Waals surface area contributed by atoms with Gasteiger partial charge in [-0.05, 0) is 52.8 Å². The fraction of sp³-hybridized carbons (Fsp3) is 0.378. The monoisotopic (exact) mass is 634 g/mol. The minimum absolute atomic E-state index is 0.0192. The van der Waals surface area contributed by atoms with Crippen molar-refractivity contribution in [3.8, 4) is 6.07 Å². The number of nitriles is 1. The van der Waals surface area contributed by atoms with Crippen molar-refractivity contribution in [1.82, 2.24) is 19.4 Å². The molecule has 1 saturated heterocycles. The topological polar surface area (TPSA) is 123 Å². The molecule has 0 unspecified atom stereocenters. The van der Waals surface area contributed by atoms with Crippen molar-refractivity contribution in [1.29, 1.82) is 5.26 Å². The van der Waals surface area contributed by atoms with Crippen LogP contribution in [0.5, 0.6) is 0 Å². The Morgan fingerprint density at radius 3 is 2.53 bits per heavy atom. The number of carboxylic acid groups (broad SMARTS) is 1. The van der Waals surface area contributed by atoms with Crippen LogP contribution in [0.15, 0.2) is 79.1 Å². The lowest BCUT2D eigenvalue weighted by Gasteiger charge is -2.38. The maximum atomic E-state index is 13.8. The summed E-state index contributed by atoms with van der Waals surface area (Å²) in [5.74, 6) is -0.818. The summed E-state index contributed by atoms with van der Waals surface area (Å²) in [4.78, 5) is 49.2. The van der Waals surface area contributed by atoms with Crippen molar-refractivity contribution in [2.75, 3.05) is 24.5 Å². The van der Waals surface area contributed by atoms with Crippen LogP contribution >= 0.6 is 0 Å². The van der Waals surface area contributed by atoms with E-state index < -0.39 is 12.0 Å². The number of aromatic nitrogens is 2. The second-order valence-corrected chi connectivity index (χ2v) is 12.4. The van der Waals surface area contributed by atoms with Gasteiger partial charge in [0.2, 0.25) is 17.8 Å². The predicted molar refractivity (Wildman–Crippen MR) is 180 cm³/mol. The number of hydrogen-bond acceptors (Lipinski definition) is 6. The molecule has 10 heteroatoms. The molecule has 4 aromatic rings. The van der Waals surface area contributed by atoms with Crippen LogP contribution in [0.2, 0.25) is 0 Å². The lowest BCUT2D eigenvalue weighted by atomic mass is 9.96. The molecule has 0 radical (unpaired) electrons. The highest BCUT2D eigenvalue weighted by Crippen LogP contribution is 2.27. The van der Waals surface area contributed by atoms with Crippen LogP contribution in [0.3, 0.4) is 0 Å². The number of fused-ring (bicyclic) bond motifs is 1. The molecule has 244 valence electrons. The Hall–Kier alpha value is -5.01. The Labute approximate surface area is 275 Å². The molecule has 2 amide bonds. The summed E-state index contributed by atoms with van der Waals surface area (Å²) in [5.41, 5.74) is 2.59. The Morgan fingerprint density at radius 1 is 1.09 bits per heavy atom. The molecular weight excluding hydrogens is 592 g/mol. The number of aliphatic carboxylic acids is 1. The lowest BCUT2D eigenvalue weighted by molar-refractivity contribution is -0.148. The number of rotatable bonds is 13. The first-order valence-electron chi connectivity index (χ1n) is 16.2. The van der Waals surface area contributed by atoms with Crippen molar-refractivity contribution >= 4 is 34.5 Å².